The van der Waals surface area contributed by atoms with Gasteiger partial charge in [-0.2, -0.15) is 4.31 Å². The van der Waals surface area contributed by atoms with Crippen LogP contribution < -0.4 is 5.56 Å². The van der Waals surface area contributed by atoms with Crippen LogP contribution in [0.15, 0.2) is 82.5 Å². The maximum Gasteiger partial charge on any atom is 0.289 e. The fourth-order valence-electron chi connectivity index (χ4n) is 3.66. The van der Waals surface area contributed by atoms with Crippen molar-refractivity contribution in [3.8, 4) is 0 Å². The molecule has 0 amide bonds. The fourth-order valence-corrected chi connectivity index (χ4v) is 5.23. The summed E-state index contributed by atoms with van der Waals surface area (Å²) in [5.41, 5.74) is 1.14. The first-order valence-electron chi connectivity index (χ1n) is 10.3. The van der Waals surface area contributed by atoms with Crippen LogP contribution in [0.2, 0.25) is 0 Å². The van der Waals surface area contributed by atoms with Gasteiger partial charge in [0.15, 0.2) is 4.90 Å². The number of pyridine rings is 1. The average molecular weight is 482 g/mol. The number of sulfonamides is 1. The zero-order chi connectivity index (χ0) is 24.5. The second-order valence-corrected chi connectivity index (χ2v) is 9.75. The Morgan fingerprint density at radius 1 is 1.00 bits per heavy atom. The number of nitrogens with one attached hydrogen (secondary N) is 1. The average Bonchev–Trinajstić information content (AvgIpc) is 2.80. The molecule has 4 rings (SSSR count). The second-order valence-electron chi connectivity index (χ2n) is 7.84. The highest BCUT2D eigenvalue weighted by Gasteiger charge is 2.32. The van der Waals surface area contributed by atoms with Crippen LogP contribution in [-0.2, 0) is 23.1 Å². The predicted octanol–water partition coefficient (Wildman–Crippen LogP) is 4.27. The zero-order valence-electron chi connectivity index (χ0n) is 18.1. The maximum atomic E-state index is 13.6. The molecule has 0 bridgehead atoms. The number of aromatic nitrogens is 1. The highest BCUT2D eigenvalue weighted by atomic mass is 32.2. The molecule has 34 heavy (non-hydrogen) atoms. The summed E-state index contributed by atoms with van der Waals surface area (Å²) in [5, 5.41) is 12.2. The Labute approximate surface area is 194 Å². The van der Waals surface area contributed by atoms with Gasteiger partial charge in [-0.05, 0) is 54.3 Å². The Bertz CT molecular complexity index is 1550. The van der Waals surface area contributed by atoms with Gasteiger partial charge in [-0.25, -0.2) is 12.8 Å². The van der Waals surface area contributed by atoms with E-state index < -0.39 is 36.9 Å². The molecule has 0 saturated carbocycles. The van der Waals surface area contributed by atoms with Crippen LogP contribution in [0.1, 0.15) is 16.7 Å². The van der Waals surface area contributed by atoms with Crippen molar-refractivity contribution in [1.29, 1.82) is 0 Å². The first-order valence-corrected chi connectivity index (χ1v) is 11.7. The van der Waals surface area contributed by atoms with E-state index in [2.05, 4.69) is 4.98 Å². The lowest BCUT2D eigenvalue weighted by Gasteiger charge is -2.22. The summed E-state index contributed by atoms with van der Waals surface area (Å²) < 4.78 is 41.6. The van der Waals surface area contributed by atoms with E-state index in [1.807, 2.05) is 19.1 Å². The van der Waals surface area contributed by atoms with Crippen molar-refractivity contribution in [3.63, 3.8) is 0 Å². The van der Waals surface area contributed by atoms with E-state index in [9.17, 15) is 27.7 Å². The normalized spacial score (nSPS) is 11.7. The molecule has 10 heteroatoms. The van der Waals surface area contributed by atoms with Crippen molar-refractivity contribution in [3.05, 3.63) is 116 Å². The lowest BCUT2D eigenvalue weighted by molar-refractivity contribution is -0.387. The number of nitro groups is 1. The van der Waals surface area contributed by atoms with Gasteiger partial charge >= 0.3 is 0 Å². The molecule has 0 aliphatic rings. The number of para-hydroxylation sites is 1. The fraction of sp³-hybridized carbons (Fsp3) is 0.125. The Hall–Kier alpha value is -3.89. The molecule has 3 aromatic carbocycles. The van der Waals surface area contributed by atoms with Gasteiger partial charge in [-0.15, -0.1) is 0 Å². The van der Waals surface area contributed by atoms with Crippen LogP contribution in [0.3, 0.4) is 0 Å². The highest BCUT2D eigenvalue weighted by Crippen LogP contribution is 2.28. The van der Waals surface area contributed by atoms with Crippen molar-refractivity contribution >= 4 is 26.6 Å². The molecule has 1 heterocycles. The third kappa shape index (κ3) is 4.73. The molecule has 1 aromatic heterocycles. The standard InChI is InChI=1S/C24H20FN3O5S/c1-16-6-11-21-18(12-16)13-19(24(29)26-21)15-27(14-17-7-9-20(25)10-8-17)34(32,33)23-5-3-2-4-22(23)28(30)31/h2-13H,14-15H2,1H3,(H,26,29). The summed E-state index contributed by atoms with van der Waals surface area (Å²) in [6, 6.07) is 17.3. The predicted molar refractivity (Wildman–Crippen MR) is 125 cm³/mol. The number of hydrogen-bond donors (Lipinski definition) is 1. The van der Waals surface area contributed by atoms with Crippen molar-refractivity contribution in [1.82, 2.24) is 9.29 Å². The van der Waals surface area contributed by atoms with Crippen molar-refractivity contribution < 1.29 is 17.7 Å². The minimum absolute atomic E-state index is 0.169. The molecule has 0 aliphatic heterocycles. The van der Waals surface area contributed by atoms with Gasteiger partial charge in [0.1, 0.15) is 5.82 Å². The minimum atomic E-state index is -4.42. The Balaban J connectivity index is 1.83. The van der Waals surface area contributed by atoms with E-state index in [0.29, 0.717) is 11.1 Å². The SMILES string of the molecule is Cc1ccc2[nH]c(=O)c(CN(Cc3ccc(F)cc3)S(=O)(=O)c3ccccc3[N+](=O)[O-])cc2c1. The highest BCUT2D eigenvalue weighted by molar-refractivity contribution is 7.89. The first-order chi connectivity index (χ1) is 16.1. The molecule has 0 fully saturated rings. The molecule has 1 N–H and O–H groups in total. The number of fused-ring (bicyclic) bond motifs is 1. The molecule has 0 aliphatic carbocycles. The Kier molecular flexibility index (Phi) is 6.27. The maximum absolute atomic E-state index is 13.6. The largest absolute Gasteiger partial charge is 0.322 e. The molecule has 4 aromatic rings. The number of nitrogens with zero attached hydrogens (tertiary/aromatic N) is 2. The topological polar surface area (TPSA) is 113 Å². The van der Waals surface area contributed by atoms with Crippen molar-refractivity contribution in [2.75, 3.05) is 0 Å². The van der Waals surface area contributed by atoms with Gasteiger partial charge in [0, 0.05) is 30.2 Å². The molecular weight excluding hydrogens is 461 g/mol. The van der Waals surface area contributed by atoms with E-state index in [4.69, 9.17) is 0 Å². The van der Waals surface area contributed by atoms with Crippen LogP contribution in [0.4, 0.5) is 10.1 Å². The molecule has 0 radical (unpaired) electrons. The van der Waals surface area contributed by atoms with Gasteiger partial charge in [-0.3, -0.25) is 14.9 Å². The summed E-state index contributed by atoms with van der Waals surface area (Å²) in [4.78, 5) is 25.7. The lowest BCUT2D eigenvalue weighted by Crippen LogP contribution is -2.33. The minimum Gasteiger partial charge on any atom is -0.322 e. The second kappa shape index (κ2) is 9.16. The summed E-state index contributed by atoms with van der Waals surface area (Å²) in [6.45, 7) is 1.33. The van der Waals surface area contributed by atoms with E-state index in [1.165, 1.54) is 36.4 Å². The van der Waals surface area contributed by atoms with Gasteiger partial charge < -0.3 is 4.98 Å². The number of aryl methyl sites for hydroxylation is 1. The number of hydrogen-bond acceptors (Lipinski definition) is 5. The number of aromatic amines is 1. The summed E-state index contributed by atoms with van der Waals surface area (Å²) in [5.74, 6) is -0.488. The molecule has 0 spiro atoms. The van der Waals surface area contributed by atoms with E-state index >= 15 is 0 Å². The van der Waals surface area contributed by atoms with Crippen LogP contribution >= 0.6 is 0 Å². The van der Waals surface area contributed by atoms with E-state index in [-0.39, 0.29) is 18.7 Å². The third-order valence-electron chi connectivity index (χ3n) is 5.38. The van der Waals surface area contributed by atoms with Gasteiger partial charge in [0.2, 0.25) is 0 Å². The van der Waals surface area contributed by atoms with Gasteiger partial charge in [0.25, 0.3) is 21.3 Å². The zero-order valence-corrected chi connectivity index (χ0v) is 18.9. The monoisotopic (exact) mass is 481 g/mol. The quantitative estimate of drug-likeness (QED) is 0.313. The Morgan fingerprint density at radius 3 is 2.41 bits per heavy atom. The molecular formula is C24H20FN3O5S. The van der Waals surface area contributed by atoms with Crippen molar-refractivity contribution in [2.24, 2.45) is 0 Å². The molecule has 0 atom stereocenters. The number of benzene rings is 3. The van der Waals surface area contributed by atoms with Crippen LogP contribution in [0.25, 0.3) is 10.9 Å². The number of rotatable bonds is 7. The summed E-state index contributed by atoms with van der Waals surface area (Å²) in [7, 11) is -4.42. The first kappa shape index (κ1) is 23.3. The Morgan fingerprint density at radius 2 is 1.71 bits per heavy atom. The summed E-state index contributed by atoms with van der Waals surface area (Å²) >= 11 is 0. The number of halogens is 1. The van der Waals surface area contributed by atoms with Gasteiger partial charge in [0.05, 0.1) is 4.92 Å². The van der Waals surface area contributed by atoms with Crippen LogP contribution in [-0.4, -0.2) is 22.6 Å². The third-order valence-corrected chi connectivity index (χ3v) is 7.21. The lowest BCUT2D eigenvalue weighted by atomic mass is 10.1. The van der Waals surface area contributed by atoms with Crippen molar-refractivity contribution in [2.45, 2.75) is 24.9 Å². The molecule has 0 unspecified atom stereocenters. The summed E-state index contributed by atoms with van der Waals surface area (Å²) in [6.07, 6.45) is 0. The number of nitro benzene ring substituents is 1. The molecule has 174 valence electrons. The smallest absolute Gasteiger partial charge is 0.289 e. The van der Waals surface area contributed by atoms with E-state index in [0.717, 1.165) is 27.4 Å². The molecule has 8 nitrogen and oxygen atoms in total. The van der Waals surface area contributed by atoms with Crippen LogP contribution in [0, 0.1) is 22.9 Å². The molecule has 0 saturated heterocycles. The van der Waals surface area contributed by atoms with Gasteiger partial charge in [-0.1, -0.05) is 35.9 Å². The number of H-pyrrole nitrogens is 1. The van der Waals surface area contributed by atoms with E-state index in [1.54, 1.807) is 12.1 Å². The van der Waals surface area contributed by atoms with Crippen LogP contribution in [0.5, 0.6) is 0 Å².